The maximum absolute atomic E-state index is 13.9. The van der Waals surface area contributed by atoms with E-state index in [1.54, 1.807) is 0 Å². The van der Waals surface area contributed by atoms with Crippen LogP contribution < -0.4 is 4.90 Å². The molecule has 0 saturated carbocycles. The SMILES string of the molecule is O=C1C[C@@H](c2noc(-c3cc(F)ccc3F)n2)CN1c1ccc(F)c(Cl)c1. The van der Waals surface area contributed by atoms with Crippen LogP contribution >= 0.6 is 11.6 Å². The fourth-order valence-corrected chi connectivity index (χ4v) is 3.13. The molecule has 2 heterocycles. The standard InChI is InChI=1S/C18H11ClF3N3O2/c19-13-7-11(2-4-15(13)22)25-8-9(5-16(25)26)17-23-18(27-24-17)12-6-10(20)1-3-14(12)21/h1-4,6-7,9H,5,8H2/t9-/m1/s1. The highest BCUT2D eigenvalue weighted by molar-refractivity contribution is 6.31. The third-order valence-electron chi connectivity index (χ3n) is 4.31. The minimum atomic E-state index is -0.698. The van der Waals surface area contributed by atoms with Crippen molar-refractivity contribution >= 4 is 23.2 Å². The summed E-state index contributed by atoms with van der Waals surface area (Å²) in [6.07, 6.45) is 0.0968. The number of aromatic nitrogens is 2. The largest absolute Gasteiger partial charge is 0.334 e. The molecular formula is C18H11ClF3N3O2. The summed E-state index contributed by atoms with van der Waals surface area (Å²) in [6.45, 7) is 0.228. The van der Waals surface area contributed by atoms with Gasteiger partial charge in [0.25, 0.3) is 5.89 Å². The molecule has 0 aliphatic carbocycles. The molecule has 1 aliphatic rings. The number of carbonyl (C=O) groups excluding carboxylic acids is 1. The lowest BCUT2D eigenvalue weighted by molar-refractivity contribution is -0.117. The molecule has 0 spiro atoms. The van der Waals surface area contributed by atoms with E-state index in [1.807, 2.05) is 0 Å². The van der Waals surface area contributed by atoms with Crippen LogP contribution in [0.2, 0.25) is 5.02 Å². The van der Waals surface area contributed by atoms with Crippen LogP contribution in [0, 0.1) is 17.5 Å². The predicted molar refractivity (Wildman–Crippen MR) is 90.8 cm³/mol. The summed E-state index contributed by atoms with van der Waals surface area (Å²) in [5.41, 5.74) is 0.300. The Hall–Kier alpha value is -2.87. The second kappa shape index (κ2) is 6.70. The van der Waals surface area contributed by atoms with Crippen LogP contribution in [0.3, 0.4) is 0 Å². The normalized spacial score (nSPS) is 17.0. The maximum atomic E-state index is 13.9. The van der Waals surface area contributed by atoms with Gasteiger partial charge in [0.05, 0.1) is 10.6 Å². The first-order chi connectivity index (χ1) is 12.9. The van der Waals surface area contributed by atoms with Crippen molar-refractivity contribution in [1.29, 1.82) is 0 Å². The fraction of sp³-hybridized carbons (Fsp3) is 0.167. The Morgan fingerprint density at radius 1 is 1.11 bits per heavy atom. The second-order valence-electron chi connectivity index (χ2n) is 6.09. The molecule has 0 N–H and O–H groups in total. The molecule has 1 fully saturated rings. The minimum Gasteiger partial charge on any atom is -0.334 e. The van der Waals surface area contributed by atoms with Gasteiger partial charge in [0.2, 0.25) is 5.91 Å². The van der Waals surface area contributed by atoms with E-state index in [2.05, 4.69) is 10.1 Å². The smallest absolute Gasteiger partial charge is 0.261 e. The summed E-state index contributed by atoms with van der Waals surface area (Å²) in [6, 6.07) is 6.90. The molecule has 138 valence electrons. The van der Waals surface area contributed by atoms with E-state index in [9.17, 15) is 18.0 Å². The summed E-state index contributed by atoms with van der Waals surface area (Å²) >= 11 is 5.77. The zero-order valence-corrected chi connectivity index (χ0v) is 14.4. The highest BCUT2D eigenvalue weighted by Gasteiger charge is 2.35. The van der Waals surface area contributed by atoms with E-state index >= 15 is 0 Å². The Morgan fingerprint density at radius 2 is 1.89 bits per heavy atom. The number of anilines is 1. The second-order valence-corrected chi connectivity index (χ2v) is 6.49. The highest BCUT2D eigenvalue weighted by Crippen LogP contribution is 2.33. The zero-order valence-electron chi connectivity index (χ0n) is 13.6. The van der Waals surface area contributed by atoms with Gasteiger partial charge in [-0.1, -0.05) is 16.8 Å². The van der Waals surface area contributed by atoms with Crippen LogP contribution in [-0.4, -0.2) is 22.6 Å². The molecule has 9 heteroatoms. The number of hydrogen-bond acceptors (Lipinski definition) is 4. The Balaban J connectivity index is 1.58. The van der Waals surface area contributed by atoms with Crippen molar-refractivity contribution in [3.8, 4) is 11.5 Å². The van der Waals surface area contributed by atoms with E-state index in [4.69, 9.17) is 16.1 Å². The summed E-state index contributed by atoms with van der Waals surface area (Å²) < 4.78 is 45.6. The van der Waals surface area contributed by atoms with E-state index in [0.717, 1.165) is 18.2 Å². The number of benzene rings is 2. The fourth-order valence-electron chi connectivity index (χ4n) is 2.95. The van der Waals surface area contributed by atoms with Gasteiger partial charge in [-0.2, -0.15) is 4.98 Å². The lowest BCUT2D eigenvalue weighted by atomic mass is 10.1. The molecule has 0 unspecified atom stereocenters. The van der Waals surface area contributed by atoms with E-state index in [0.29, 0.717) is 5.69 Å². The van der Waals surface area contributed by atoms with Gasteiger partial charge in [0, 0.05) is 24.6 Å². The molecule has 0 radical (unpaired) electrons. The van der Waals surface area contributed by atoms with E-state index in [1.165, 1.54) is 23.1 Å². The lowest BCUT2D eigenvalue weighted by Gasteiger charge is -2.16. The van der Waals surface area contributed by atoms with Gasteiger partial charge in [-0.25, -0.2) is 13.2 Å². The Morgan fingerprint density at radius 3 is 2.67 bits per heavy atom. The van der Waals surface area contributed by atoms with Gasteiger partial charge >= 0.3 is 0 Å². The van der Waals surface area contributed by atoms with Crippen molar-refractivity contribution in [2.45, 2.75) is 12.3 Å². The molecule has 1 aliphatic heterocycles. The summed E-state index contributed by atoms with van der Waals surface area (Å²) in [4.78, 5) is 17.9. The van der Waals surface area contributed by atoms with Crippen LogP contribution in [0.5, 0.6) is 0 Å². The molecule has 1 saturated heterocycles. The van der Waals surface area contributed by atoms with Gasteiger partial charge in [-0.15, -0.1) is 0 Å². The first kappa shape index (κ1) is 17.5. The van der Waals surface area contributed by atoms with Gasteiger partial charge in [-0.3, -0.25) is 4.79 Å². The minimum absolute atomic E-state index is 0.0906. The Bertz CT molecular complexity index is 1040. The topological polar surface area (TPSA) is 59.2 Å². The number of hydrogen-bond donors (Lipinski definition) is 0. The van der Waals surface area contributed by atoms with Crippen LogP contribution in [0.25, 0.3) is 11.5 Å². The Labute approximate surface area is 156 Å². The monoisotopic (exact) mass is 393 g/mol. The number of carbonyl (C=O) groups is 1. The third kappa shape index (κ3) is 3.28. The first-order valence-corrected chi connectivity index (χ1v) is 8.34. The molecule has 5 nitrogen and oxygen atoms in total. The summed E-state index contributed by atoms with van der Waals surface area (Å²) in [5, 5.41) is 3.71. The molecule has 1 amide bonds. The van der Waals surface area contributed by atoms with Gasteiger partial charge in [-0.05, 0) is 36.4 Å². The van der Waals surface area contributed by atoms with Crippen LogP contribution in [0.1, 0.15) is 18.2 Å². The van der Waals surface area contributed by atoms with Crippen molar-refractivity contribution in [3.05, 3.63) is 64.7 Å². The highest BCUT2D eigenvalue weighted by atomic mass is 35.5. The van der Waals surface area contributed by atoms with Crippen molar-refractivity contribution in [3.63, 3.8) is 0 Å². The number of nitrogens with zero attached hydrogens (tertiary/aromatic N) is 3. The van der Waals surface area contributed by atoms with Gasteiger partial charge < -0.3 is 9.42 Å². The maximum Gasteiger partial charge on any atom is 0.261 e. The average molecular weight is 394 g/mol. The van der Waals surface area contributed by atoms with Gasteiger partial charge in [0.1, 0.15) is 17.5 Å². The number of rotatable bonds is 3. The van der Waals surface area contributed by atoms with E-state index in [-0.39, 0.29) is 41.2 Å². The van der Waals surface area contributed by atoms with Gasteiger partial charge in [0.15, 0.2) is 5.82 Å². The molecule has 27 heavy (non-hydrogen) atoms. The molecular weight excluding hydrogens is 383 g/mol. The van der Waals surface area contributed by atoms with Crippen molar-refractivity contribution in [1.82, 2.24) is 10.1 Å². The van der Waals surface area contributed by atoms with Crippen molar-refractivity contribution in [2.24, 2.45) is 0 Å². The lowest BCUT2D eigenvalue weighted by Crippen LogP contribution is -2.24. The number of amides is 1. The van der Waals surface area contributed by atoms with Crippen LogP contribution in [0.4, 0.5) is 18.9 Å². The van der Waals surface area contributed by atoms with Crippen molar-refractivity contribution in [2.75, 3.05) is 11.4 Å². The summed E-state index contributed by atoms with van der Waals surface area (Å²) in [5.74, 6) is -2.50. The zero-order chi connectivity index (χ0) is 19.1. The predicted octanol–water partition coefficient (Wildman–Crippen LogP) is 4.33. The Kier molecular flexibility index (Phi) is 4.35. The first-order valence-electron chi connectivity index (χ1n) is 7.97. The summed E-state index contributed by atoms with van der Waals surface area (Å²) in [7, 11) is 0. The van der Waals surface area contributed by atoms with Crippen molar-refractivity contribution < 1.29 is 22.5 Å². The van der Waals surface area contributed by atoms with Crippen LogP contribution in [0.15, 0.2) is 40.9 Å². The molecule has 3 aromatic rings. The van der Waals surface area contributed by atoms with Crippen LogP contribution in [-0.2, 0) is 4.79 Å². The molecule has 0 bridgehead atoms. The number of halogens is 4. The molecule has 2 aromatic carbocycles. The van der Waals surface area contributed by atoms with E-state index < -0.39 is 23.4 Å². The quantitative estimate of drug-likeness (QED) is 0.664. The molecule has 4 rings (SSSR count). The third-order valence-corrected chi connectivity index (χ3v) is 4.60. The average Bonchev–Trinajstić information content (AvgIpc) is 3.26. The molecule has 1 atom stereocenters. The molecule has 1 aromatic heterocycles.